The van der Waals surface area contributed by atoms with Crippen molar-refractivity contribution in [2.24, 2.45) is 42.3 Å². The van der Waals surface area contributed by atoms with E-state index in [0.717, 1.165) is 44.8 Å². The summed E-state index contributed by atoms with van der Waals surface area (Å²) in [6.07, 6.45) is 12.3. The normalized spacial score (nSPS) is 11.7. The van der Waals surface area contributed by atoms with Gasteiger partial charge in [-0.15, -0.1) is 0 Å². The zero-order chi connectivity index (χ0) is 75.2. The molecule has 0 saturated heterocycles. The van der Waals surface area contributed by atoms with Crippen LogP contribution in [0, 0.1) is 124 Å². The first-order chi connectivity index (χ1) is 48.0. The van der Waals surface area contributed by atoms with Crippen LogP contribution in [-0.2, 0) is 42.3 Å². The Bertz CT molecular complexity index is 4820. The molecule has 0 unspecified atom stereocenters. The molecule has 0 spiro atoms. The van der Waals surface area contributed by atoms with Gasteiger partial charge in [-0.1, -0.05) is 65.7 Å². The van der Waals surface area contributed by atoms with Crippen LogP contribution in [0.5, 0.6) is 0 Å². The lowest BCUT2D eigenvalue weighted by molar-refractivity contribution is -0.660. The maximum atomic E-state index is 7.56. The monoisotopic (exact) mass is 1280 g/mol. The summed E-state index contributed by atoms with van der Waals surface area (Å²) in [5.41, 5.74) is 35.7. The SMILES string of the molecule is Cc1cc(C)c(-c2cccc[n+]2C)cc1C.Cc1cc(C)c(C)c(-c2cccc[n+]2C)c1.Cc1ccc(C)c(-c2cccc[n+]2C)c1C.Cc1ccc(C)c(-c2cccc[n+]2C)c1C.[2H]C([2H])([2H])c1cc(C)c(-c2cccc[n+]2C)c(C)c1.[2H]C([2H])([2H])c1cc(C)c(-c2cccc[n+]2C)cc1C. The maximum Gasteiger partial charge on any atom is 0.212 e. The van der Waals surface area contributed by atoms with E-state index in [-0.39, 0.29) is 0 Å². The van der Waals surface area contributed by atoms with E-state index < -0.39 is 13.7 Å². The van der Waals surface area contributed by atoms with E-state index in [0.29, 0.717) is 11.1 Å². The first-order valence-electron chi connectivity index (χ1n) is 36.2. The van der Waals surface area contributed by atoms with Crippen molar-refractivity contribution in [3.63, 3.8) is 0 Å². The van der Waals surface area contributed by atoms with Gasteiger partial charge in [0.1, 0.15) is 42.3 Å². The van der Waals surface area contributed by atoms with Gasteiger partial charge in [0.15, 0.2) is 37.2 Å². The van der Waals surface area contributed by atoms with Crippen molar-refractivity contribution in [3.05, 3.63) is 319 Å². The van der Waals surface area contributed by atoms with Crippen LogP contribution in [-0.4, -0.2) is 0 Å². The van der Waals surface area contributed by atoms with Gasteiger partial charge >= 0.3 is 0 Å². The van der Waals surface area contributed by atoms with Crippen molar-refractivity contribution in [1.82, 2.24) is 0 Å². The molecule has 0 fully saturated rings. The quantitative estimate of drug-likeness (QED) is 0.148. The zero-order valence-corrected chi connectivity index (χ0v) is 61.5. The highest BCUT2D eigenvalue weighted by Crippen LogP contribution is 2.31. The van der Waals surface area contributed by atoms with Crippen molar-refractivity contribution >= 4 is 0 Å². The molecule has 6 aromatic heterocycles. The summed E-state index contributed by atoms with van der Waals surface area (Å²) >= 11 is 0. The van der Waals surface area contributed by atoms with E-state index in [1.54, 1.807) is 18.2 Å². The van der Waals surface area contributed by atoms with Crippen LogP contribution < -0.4 is 27.4 Å². The van der Waals surface area contributed by atoms with E-state index in [1.165, 1.54) is 112 Å². The predicted molar refractivity (Wildman–Crippen MR) is 404 cm³/mol. The Morgan fingerprint density at radius 3 is 0.865 bits per heavy atom. The second-order valence-corrected chi connectivity index (χ2v) is 26.1. The number of rotatable bonds is 6. The standard InChI is InChI=1S/6C15H18N/c2*1-11-8-9-12(2)15(13(11)3)14-7-5-6-10-16(14)4;2*1-11-9-13(3)14(10-12(11)2)15-7-5-6-8-16(15)4;1-11-9-12(2)13(3)14(10-11)15-7-5-6-8-16(15)4;1-11-9-12(2)15(13(3)10-11)14-7-5-6-8-16(14)4/h6*5-10H,1-4H3/q6*+1/i;;1D3;;;1D3. The number of nitrogens with zero attached hydrogens (tertiary/aromatic N) is 6. The molecule has 0 saturated carbocycles. The fourth-order valence-electron chi connectivity index (χ4n) is 12.5. The molecule has 6 heterocycles. The third-order valence-electron chi connectivity index (χ3n) is 18.6. The summed E-state index contributed by atoms with van der Waals surface area (Å²) in [5.74, 6) is 0. The first kappa shape index (κ1) is 64.9. The van der Waals surface area contributed by atoms with Crippen molar-refractivity contribution in [1.29, 1.82) is 0 Å². The average Bonchev–Trinajstić information content (AvgIpc) is 0.829. The smallest absolute Gasteiger partial charge is 0.201 e. The highest BCUT2D eigenvalue weighted by atomic mass is 14.9. The Morgan fingerprint density at radius 1 is 0.208 bits per heavy atom. The predicted octanol–water partition coefficient (Wildman–Crippen LogP) is 18.6. The molecule has 0 aliphatic heterocycles. The van der Waals surface area contributed by atoms with Crippen LogP contribution in [0.3, 0.4) is 0 Å². The van der Waals surface area contributed by atoms with E-state index >= 15 is 0 Å². The fourth-order valence-corrected chi connectivity index (χ4v) is 12.5. The van der Waals surface area contributed by atoms with Gasteiger partial charge in [0, 0.05) is 97.7 Å². The third-order valence-corrected chi connectivity index (χ3v) is 18.6. The lowest BCUT2D eigenvalue weighted by Gasteiger charge is -2.10. The minimum Gasteiger partial charge on any atom is -0.201 e. The molecule has 0 radical (unpaired) electrons. The van der Waals surface area contributed by atoms with Gasteiger partial charge < -0.3 is 0 Å². The fraction of sp³-hybridized carbons (Fsp3) is 0.267. The summed E-state index contributed by atoms with van der Waals surface area (Å²) in [6.45, 7) is 29.7. The van der Waals surface area contributed by atoms with Crippen molar-refractivity contribution < 1.29 is 35.6 Å². The molecule has 0 aliphatic rings. The Kier molecular flexibility index (Phi) is 22.7. The molecule has 0 bridgehead atoms. The van der Waals surface area contributed by atoms with Crippen molar-refractivity contribution in [2.45, 2.75) is 124 Å². The molecule has 0 amide bonds. The molecule has 12 aromatic rings. The van der Waals surface area contributed by atoms with E-state index in [1.807, 2.05) is 106 Å². The van der Waals surface area contributed by atoms with Gasteiger partial charge in [0.2, 0.25) is 34.2 Å². The molecule has 6 heteroatoms. The van der Waals surface area contributed by atoms with Crippen LogP contribution in [0.2, 0.25) is 0 Å². The third kappa shape index (κ3) is 18.4. The molecule has 492 valence electrons. The van der Waals surface area contributed by atoms with Crippen LogP contribution in [0.15, 0.2) is 219 Å². The van der Waals surface area contributed by atoms with Crippen molar-refractivity contribution in [3.8, 4) is 67.5 Å². The van der Waals surface area contributed by atoms with Crippen LogP contribution in [0.1, 0.15) is 108 Å². The molecule has 0 N–H and O–H groups in total. The minimum absolute atomic E-state index is 0.407. The topological polar surface area (TPSA) is 23.3 Å². The minimum atomic E-state index is -2.05. The molecule has 0 aliphatic carbocycles. The average molecular weight is 1280 g/mol. The second-order valence-electron chi connectivity index (χ2n) is 26.1. The van der Waals surface area contributed by atoms with E-state index in [2.05, 4.69) is 276 Å². The molecule has 0 atom stereocenters. The largest absolute Gasteiger partial charge is 0.212 e. The Hall–Kier alpha value is -9.78. The summed E-state index contributed by atoms with van der Waals surface area (Å²) in [4.78, 5) is 0. The van der Waals surface area contributed by atoms with Crippen LogP contribution in [0.4, 0.5) is 0 Å². The van der Waals surface area contributed by atoms with Gasteiger partial charge in [-0.2, -0.15) is 0 Å². The first-order valence-corrected chi connectivity index (χ1v) is 33.2. The van der Waals surface area contributed by atoms with Crippen LogP contribution in [0.25, 0.3) is 67.5 Å². The summed E-state index contributed by atoms with van der Waals surface area (Å²) in [5, 5.41) is 0. The van der Waals surface area contributed by atoms with E-state index in [4.69, 9.17) is 8.22 Å². The van der Waals surface area contributed by atoms with Crippen LogP contribution >= 0.6 is 0 Å². The maximum absolute atomic E-state index is 7.56. The zero-order valence-electron chi connectivity index (χ0n) is 67.5. The molecular weight excluding hydrogens is 1170 g/mol. The van der Waals surface area contributed by atoms with Gasteiger partial charge in [-0.25, -0.2) is 27.4 Å². The summed E-state index contributed by atoms with van der Waals surface area (Å²) < 4.78 is 58.0. The molecule has 6 aromatic carbocycles. The van der Waals surface area contributed by atoms with Crippen molar-refractivity contribution in [2.75, 3.05) is 0 Å². The number of hydrogen-bond acceptors (Lipinski definition) is 0. The van der Waals surface area contributed by atoms with Gasteiger partial charge in [0.05, 0.1) is 16.7 Å². The molecule has 96 heavy (non-hydrogen) atoms. The van der Waals surface area contributed by atoms with Gasteiger partial charge in [0.25, 0.3) is 0 Å². The Labute approximate surface area is 586 Å². The Morgan fingerprint density at radius 2 is 0.510 bits per heavy atom. The number of pyridine rings is 6. The number of benzene rings is 6. The molecule has 12 rings (SSSR count). The lowest BCUT2D eigenvalue weighted by Crippen LogP contribution is -2.30. The summed E-state index contributed by atoms with van der Waals surface area (Å²) in [7, 11) is 12.3. The highest BCUT2D eigenvalue weighted by molar-refractivity contribution is 5.70. The lowest BCUT2D eigenvalue weighted by atomic mass is 9.95. The number of aryl methyl sites for hydroxylation is 21. The van der Waals surface area contributed by atoms with E-state index in [9.17, 15) is 0 Å². The second kappa shape index (κ2) is 33.6. The number of aromatic nitrogens is 6. The number of hydrogen-bond donors (Lipinski definition) is 0. The molecular formula is C90H108N6+6. The Balaban J connectivity index is 0.000000172. The summed E-state index contributed by atoms with van der Waals surface area (Å²) in [6, 6.07) is 62.4. The van der Waals surface area contributed by atoms with Gasteiger partial charge in [-0.3, -0.25) is 0 Å². The molecule has 6 nitrogen and oxygen atoms in total. The van der Waals surface area contributed by atoms with Gasteiger partial charge in [-0.05, 0) is 268 Å². The highest BCUT2D eigenvalue weighted by Gasteiger charge is 2.20.